The van der Waals surface area contributed by atoms with E-state index in [1.807, 2.05) is 31.2 Å². The summed E-state index contributed by atoms with van der Waals surface area (Å²) in [6.45, 7) is 1.95. The second-order valence-electron chi connectivity index (χ2n) is 5.41. The molecule has 1 fully saturated rings. The van der Waals surface area contributed by atoms with Crippen molar-refractivity contribution in [3.8, 4) is 0 Å². The van der Waals surface area contributed by atoms with Crippen LogP contribution in [0.3, 0.4) is 0 Å². The van der Waals surface area contributed by atoms with E-state index < -0.39 is 11.4 Å². The van der Waals surface area contributed by atoms with E-state index in [0.29, 0.717) is 0 Å². The standard InChI is InChI=1S/C15H20N4O3S/c1-9-3-2-4-10(5-9)17-14(22)8-23-15-18-11(6-12(16)20)7-13(21)19-15/h2-5,11,15,18H,6-8H2,1H3,(H2,16,20)(H,17,22)(H,19,21). The summed E-state index contributed by atoms with van der Waals surface area (Å²) in [7, 11) is 0. The van der Waals surface area contributed by atoms with Gasteiger partial charge in [0.25, 0.3) is 0 Å². The molecule has 1 aromatic rings. The summed E-state index contributed by atoms with van der Waals surface area (Å²) in [5.74, 6) is -0.603. The van der Waals surface area contributed by atoms with Crippen molar-refractivity contribution < 1.29 is 14.4 Å². The van der Waals surface area contributed by atoms with Crippen LogP contribution in [0.4, 0.5) is 5.69 Å². The molecule has 7 nitrogen and oxygen atoms in total. The SMILES string of the molecule is Cc1cccc(NC(=O)CSC2NC(=O)CC(CC(N)=O)N2)c1. The van der Waals surface area contributed by atoms with Gasteiger partial charge in [-0.25, -0.2) is 0 Å². The lowest BCUT2D eigenvalue weighted by molar-refractivity contribution is -0.124. The fourth-order valence-corrected chi connectivity index (χ4v) is 3.18. The Labute approximate surface area is 138 Å². The summed E-state index contributed by atoms with van der Waals surface area (Å²) in [5.41, 5.74) is 6.54. The molecular weight excluding hydrogens is 316 g/mol. The van der Waals surface area contributed by atoms with Gasteiger partial charge in [-0.2, -0.15) is 0 Å². The fourth-order valence-electron chi connectivity index (χ4n) is 2.29. The Morgan fingerprint density at radius 3 is 2.91 bits per heavy atom. The highest BCUT2D eigenvalue weighted by Crippen LogP contribution is 2.15. The molecule has 0 aromatic heterocycles. The topological polar surface area (TPSA) is 113 Å². The molecule has 0 saturated carbocycles. The van der Waals surface area contributed by atoms with Crippen LogP contribution in [0, 0.1) is 6.92 Å². The van der Waals surface area contributed by atoms with Gasteiger partial charge in [-0.15, -0.1) is 11.8 Å². The molecule has 1 aromatic carbocycles. The van der Waals surface area contributed by atoms with Gasteiger partial charge in [0, 0.05) is 24.6 Å². The van der Waals surface area contributed by atoms with Gasteiger partial charge in [0.15, 0.2) is 0 Å². The van der Waals surface area contributed by atoms with Crippen LogP contribution < -0.4 is 21.7 Å². The number of anilines is 1. The van der Waals surface area contributed by atoms with E-state index in [0.717, 1.165) is 11.3 Å². The van der Waals surface area contributed by atoms with E-state index in [-0.39, 0.29) is 36.5 Å². The normalized spacial score (nSPS) is 20.7. The van der Waals surface area contributed by atoms with Gasteiger partial charge >= 0.3 is 0 Å². The van der Waals surface area contributed by atoms with E-state index >= 15 is 0 Å². The minimum Gasteiger partial charge on any atom is -0.370 e. The van der Waals surface area contributed by atoms with Crippen molar-refractivity contribution >= 4 is 35.2 Å². The lowest BCUT2D eigenvalue weighted by Crippen LogP contribution is -2.55. The molecule has 3 amide bonds. The van der Waals surface area contributed by atoms with Crippen LogP contribution in [0.15, 0.2) is 24.3 Å². The van der Waals surface area contributed by atoms with Crippen molar-refractivity contribution in [3.05, 3.63) is 29.8 Å². The lowest BCUT2D eigenvalue weighted by Gasteiger charge is -2.30. The maximum absolute atomic E-state index is 12.0. The Morgan fingerprint density at radius 2 is 2.22 bits per heavy atom. The zero-order valence-electron chi connectivity index (χ0n) is 12.8. The second kappa shape index (κ2) is 7.98. The van der Waals surface area contributed by atoms with E-state index in [1.165, 1.54) is 11.8 Å². The van der Waals surface area contributed by atoms with Gasteiger partial charge in [-0.05, 0) is 24.6 Å². The predicted octanol–water partition coefficient (Wildman–Crippen LogP) is 0.304. The molecule has 5 N–H and O–H groups in total. The molecule has 0 aliphatic carbocycles. The molecule has 1 aliphatic heterocycles. The van der Waals surface area contributed by atoms with Crippen LogP contribution in [0.5, 0.6) is 0 Å². The number of carbonyl (C=O) groups is 3. The van der Waals surface area contributed by atoms with E-state index in [2.05, 4.69) is 16.0 Å². The number of aryl methyl sites for hydroxylation is 1. The first kappa shape index (κ1) is 17.3. The first-order valence-corrected chi connectivity index (χ1v) is 8.29. The van der Waals surface area contributed by atoms with Crippen molar-refractivity contribution in [3.63, 3.8) is 0 Å². The third kappa shape index (κ3) is 5.91. The Morgan fingerprint density at radius 1 is 1.43 bits per heavy atom. The molecule has 0 spiro atoms. The minimum atomic E-state index is -0.460. The van der Waals surface area contributed by atoms with Crippen molar-refractivity contribution in [1.29, 1.82) is 0 Å². The molecule has 2 atom stereocenters. The number of nitrogens with one attached hydrogen (secondary N) is 3. The van der Waals surface area contributed by atoms with Gasteiger partial charge in [0.05, 0.1) is 5.75 Å². The molecule has 2 unspecified atom stereocenters. The zero-order chi connectivity index (χ0) is 16.8. The van der Waals surface area contributed by atoms with E-state index in [4.69, 9.17) is 5.73 Å². The van der Waals surface area contributed by atoms with Crippen LogP contribution in [0.2, 0.25) is 0 Å². The van der Waals surface area contributed by atoms with Crippen LogP contribution >= 0.6 is 11.8 Å². The van der Waals surface area contributed by atoms with E-state index in [1.54, 1.807) is 0 Å². The van der Waals surface area contributed by atoms with Crippen molar-refractivity contribution in [2.24, 2.45) is 5.73 Å². The summed E-state index contributed by atoms with van der Waals surface area (Å²) in [6, 6.07) is 7.23. The van der Waals surface area contributed by atoms with Gasteiger partial charge in [0.2, 0.25) is 17.7 Å². The summed E-state index contributed by atoms with van der Waals surface area (Å²) in [4.78, 5) is 34.5. The monoisotopic (exact) mass is 336 g/mol. The maximum Gasteiger partial charge on any atom is 0.234 e. The summed E-state index contributed by atoms with van der Waals surface area (Å²) in [6.07, 6.45) is 0.301. The fraction of sp³-hybridized carbons (Fsp3) is 0.400. The van der Waals surface area contributed by atoms with Crippen molar-refractivity contribution in [1.82, 2.24) is 10.6 Å². The zero-order valence-corrected chi connectivity index (χ0v) is 13.6. The molecule has 1 aliphatic rings. The number of hydrogen-bond donors (Lipinski definition) is 4. The number of hydrogen-bond acceptors (Lipinski definition) is 5. The highest BCUT2D eigenvalue weighted by molar-refractivity contribution is 8.00. The number of amides is 3. The highest BCUT2D eigenvalue weighted by atomic mass is 32.2. The van der Waals surface area contributed by atoms with Crippen LogP contribution in [-0.4, -0.2) is 35.0 Å². The molecule has 2 rings (SSSR count). The Balaban J connectivity index is 1.81. The molecule has 0 radical (unpaired) electrons. The Hall–Kier alpha value is -2.06. The third-order valence-corrected chi connectivity index (χ3v) is 4.26. The number of nitrogens with two attached hydrogens (primary N) is 1. The average Bonchev–Trinajstić information content (AvgIpc) is 2.44. The second-order valence-corrected chi connectivity index (χ2v) is 6.51. The van der Waals surface area contributed by atoms with Crippen LogP contribution in [0.1, 0.15) is 18.4 Å². The molecule has 8 heteroatoms. The first-order chi connectivity index (χ1) is 10.9. The molecule has 124 valence electrons. The van der Waals surface area contributed by atoms with Crippen molar-refractivity contribution in [2.45, 2.75) is 31.3 Å². The van der Waals surface area contributed by atoms with Gasteiger partial charge in [0.1, 0.15) is 5.50 Å². The largest absolute Gasteiger partial charge is 0.370 e. The van der Waals surface area contributed by atoms with Crippen LogP contribution in [0.25, 0.3) is 0 Å². The summed E-state index contributed by atoms with van der Waals surface area (Å²) >= 11 is 1.26. The summed E-state index contributed by atoms with van der Waals surface area (Å²) in [5, 5.41) is 8.63. The van der Waals surface area contributed by atoms with Gasteiger partial charge < -0.3 is 16.4 Å². The molecule has 0 bridgehead atoms. The smallest absolute Gasteiger partial charge is 0.234 e. The summed E-state index contributed by atoms with van der Waals surface area (Å²) < 4.78 is 0. The van der Waals surface area contributed by atoms with Crippen molar-refractivity contribution in [2.75, 3.05) is 11.1 Å². The predicted molar refractivity (Wildman–Crippen MR) is 89.5 cm³/mol. The number of rotatable bonds is 6. The molecular formula is C15H20N4O3S. The number of benzene rings is 1. The molecule has 1 heterocycles. The van der Waals surface area contributed by atoms with Crippen LogP contribution in [-0.2, 0) is 14.4 Å². The minimum absolute atomic E-state index is 0.0972. The average molecular weight is 336 g/mol. The molecule has 1 saturated heterocycles. The van der Waals surface area contributed by atoms with E-state index in [9.17, 15) is 14.4 Å². The Bertz CT molecular complexity index is 606. The lowest BCUT2D eigenvalue weighted by atomic mass is 10.1. The maximum atomic E-state index is 12.0. The number of primary amides is 1. The quantitative estimate of drug-likeness (QED) is 0.597. The highest BCUT2D eigenvalue weighted by Gasteiger charge is 2.27. The van der Waals surface area contributed by atoms with Gasteiger partial charge in [-0.3, -0.25) is 19.7 Å². The number of carbonyl (C=O) groups excluding carboxylic acids is 3. The molecule has 23 heavy (non-hydrogen) atoms. The Kier molecular flexibility index (Phi) is 6.00. The third-order valence-electron chi connectivity index (χ3n) is 3.24. The van der Waals surface area contributed by atoms with Gasteiger partial charge in [-0.1, -0.05) is 12.1 Å². The first-order valence-electron chi connectivity index (χ1n) is 7.24. The number of thioether (sulfide) groups is 1.